The summed E-state index contributed by atoms with van der Waals surface area (Å²) >= 11 is 0. The highest BCUT2D eigenvalue weighted by molar-refractivity contribution is 5.73. The number of aryl methyl sites for hydroxylation is 1. The Balaban J connectivity index is 2.65. The Labute approximate surface area is 109 Å². The first-order valence-electron chi connectivity index (χ1n) is 6.60. The van der Waals surface area contributed by atoms with E-state index in [4.69, 9.17) is 0 Å². The van der Waals surface area contributed by atoms with Crippen molar-refractivity contribution in [2.24, 2.45) is 0 Å². The van der Waals surface area contributed by atoms with Crippen LogP contribution in [0.1, 0.15) is 50.3 Å². The highest BCUT2D eigenvalue weighted by atomic mass is 16.4. The third-order valence-electron chi connectivity index (χ3n) is 3.14. The van der Waals surface area contributed by atoms with E-state index < -0.39 is 12.0 Å². The average Bonchev–Trinajstić information content (AvgIpc) is 2.33. The maximum atomic E-state index is 11.2. The van der Waals surface area contributed by atoms with E-state index in [-0.39, 0.29) is 6.04 Å². The highest BCUT2D eigenvalue weighted by Crippen LogP contribution is 2.15. The maximum Gasteiger partial charge on any atom is 0.320 e. The van der Waals surface area contributed by atoms with Crippen LogP contribution in [0.25, 0.3) is 0 Å². The van der Waals surface area contributed by atoms with E-state index >= 15 is 0 Å². The first-order chi connectivity index (χ1) is 8.54. The number of aliphatic carboxylic acids is 1. The van der Waals surface area contributed by atoms with Crippen molar-refractivity contribution < 1.29 is 9.90 Å². The molecule has 0 aliphatic heterocycles. The Hall–Kier alpha value is -1.35. The van der Waals surface area contributed by atoms with E-state index in [9.17, 15) is 9.90 Å². The van der Waals surface area contributed by atoms with Gasteiger partial charge in [0.05, 0.1) is 0 Å². The monoisotopic (exact) mass is 249 g/mol. The maximum absolute atomic E-state index is 11.2. The minimum Gasteiger partial charge on any atom is -0.480 e. The number of nitrogens with one attached hydrogen (secondary N) is 1. The van der Waals surface area contributed by atoms with Gasteiger partial charge in [0.25, 0.3) is 0 Å². The van der Waals surface area contributed by atoms with Gasteiger partial charge in [-0.15, -0.1) is 0 Å². The average molecular weight is 249 g/mol. The molecule has 0 saturated carbocycles. The summed E-state index contributed by atoms with van der Waals surface area (Å²) in [5.74, 6) is -0.761. The molecule has 0 heterocycles. The van der Waals surface area contributed by atoms with Crippen molar-refractivity contribution in [3.8, 4) is 0 Å². The number of hydrogen-bond acceptors (Lipinski definition) is 2. The van der Waals surface area contributed by atoms with Crippen LogP contribution >= 0.6 is 0 Å². The lowest BCUT2D eigenvalue weighted by molar-refractivity contribution is -0.139. The number of rotatable bonds is 7. The van der Waals surface area contributed by atoms with Crippen LogP contribution in [0.5, 0.6) is 0 Å². The summed E-state index contributed by atoms with van der Waals surface area (Å²) in [5, 5.41) is 12.4. The minimum absolute atomic E-state index is 0.0582. The second-order valence-corrected chi connectivity index (χ2v) is 4.84. The normalized spacial score (nSPS) is 14.2. The van der Waals surface area contributed by atoms with E-state index in [0.717, 1.165) is 18.4 Å². The second-order valence-electron chi connectivity index (χ2n) is 4.84. The van der Waals surface area contributed by atoms with Gasteiger partial charge in [0.1, 0.15) is 6.04 Å². The van der Waals surface area contributed by atoms with Crippen LogP contribution in [0, 0.1) is 6.92 Å². The van der Waals surface area contributed by atoms with Crippen molar-refractivity contribution in [3.05, 3.63) is 35.4 Å². The lowest BCUT2D eigenvalue weighted by Crippen LogP contribution is -2.38. The molecule has 3 heteroatoms. The molecule has 1 aromatic carbocycles. The fourth-order valence-electron chi connectivity index (χ4n) is 2.02. The van der Waals surface area contributed by atoms with Crippen LogP contribution in [0.2, 0.25) is 0 Å². The molecule has 2 atom stereocenters. The summed E-state index contributed by atoms with van der Waals surface area (Å²) in [7, 11) is 0. The molecule has 0 spiro atoms. The topological polar surface area (TPSA) is 49.3 Å². The highest BCUT2D eigenvalue weighted by Gasteiger charge is 2.19. The van der Waals surface area contributed by atoms with E-state index in [1.54, 1.807) is 0 Å². The Morgan fingerprint density at radius 3 is 2.72 bits per heavy atom. The molecule has 0 fully saturated rings. The van der Waals surface area contributed by atoms with Crippen molar-refractivity contribution in [2.45, 2.75) is 52.1 Å². The number of carboxylic acid groups (broad SMARTS) is 1. The van der Waals surface area contributed by atoms with Gasteiger partial charge in [0.15, 0.2) is 0 Å². The molecule has 0 radical (unpaired) electrons. The number of hydrogen-bond donors (Lipinski definition) is 2. The third kappa shape index (κ3) is 4.49. The summed E-state index contributed by atoms with van der Waals surface area (Å²) in [5.41, 5.74) is 2.33. The molecule has 1 aromatic rings. The molecule has 0 bridgehead atoms. The summed E-state index contributed by atoms with van der Waals surface area (Å²) in [6, 6.07) is 7.77. The van der Waals surface area contributed by atoms with Crippen LogP contribution in [0.4, 0.5) is 0 Å². The van der Waals surface area contributed by atoms with Gasteiger partial charge in [0, 0.05) is 6.04 Å². The van der Waals surface area contributed by atoms with Gasteiger partial charge in [-0.2, -0.15) is 0 Å². The molecule has 2 N–H and O–H groups in total. The Bertz CT molecular complexity index is 390. The zero-order chi connectivity index (χ0) is 13.5. The number of carbonyl (C=O) groups is 1. The zero-order valence-electron chi connectivity index (χ0n) is 11.4. The second kappa shape index (κ2) is 7.17. The lowest BCUT2D eigenvalue weighted by atomic mass is 10.0. The van der Waals surface area contributed by atoms with Gasteiger partial charge in [0.2, 0.25) is 0 Å². The molecule has 18 heavy (non-hydrogen) atoms. The molecule has 100 valence electrons. The SMILES string of the molecule is CCCCC(N[C@@H](C)c1cccc(C)c1)C(=O)O. The van der Waals surface area contributed by atoms with Crippen molar-refractivity contribution in [1.29, 1.82) is 0 Å². The van der Waals surface area contributed by atoms with Gasteiger partial charge in [-0.3, -0.25) is 10.1 Å². The fraction of sp³-hybridized carbons (Fsp3) is 0.533. The predicted molar refractivity (Wildman–Crippen MR) is 73.7 cm³/mol. The predicted octanol–water partition coefficient (Wildman–Crippen LogP) is 3.29. The van der Waals surface area contributed by atoms with Crippen LogP contribution in [-0.4, -0.2) is 17.1 Å². The van der Waals surface area contributed by atoms with Gasteiger partial charge >= 0.3 is 5.97 Å². The molecule has 0 aliphatic rings. The van der Waals surface area contributed by atoms with Gasteiger partial charge in [-0.1, -0.05) is 49.6 Å². The molecule has 0 saturated heterocycles. The summed E-state index contributed by atoms with van der Waals surface area (Å²) < 4.78 is 0. The number of unbranched alkanes of at least 4 members (excludes halogenated alkanes) is 1. The standard InChI is InChI=1S/C15H23NO2/c1-4-5-9-14(15(17)18)16-12(3)13-8-6-7-11(2)10-13/h6-8,10,12,14,16H,4-5,9H2,1-3H3,(H,17,18)/t12-,14?/m0/s1. The van der Waals surface area contributed by atoms with Crippen molar-refractivity contribution >= 4 is 5.97 Å². The molecule has 1 rings (SSSR count). The van der Waals surface area contributed by atoms with Crippen molar-refractivity contribution in [3.63, 3.8) is 0 Å². The smallest absolute Gasteiger partial charge is 0.320 e. The van der Waals surface area contributed by atoms with Crippen LogP contribution < -0.4 is 5.32 Å². The Kier molecular flexibility index (Phi) is 5.86. The van der Waals surface area contributed by atoms with Crippen LogP contribution in [0.3, 0.4) is 0 Å². The molecular weight excluding hydrogens is 226 g/mol. The van der Waals surface area contributed by atoms with Gasteiger partial charge in [-0.25, -0.2) is 0 Å². The first kappa shape index (κ1) is 14.7. The fourth-order valence-corrected chi connectivity index (χ4v) is 2.02. The quantitative estimate of drug-likeness (QED) is 0.779. The van der Waals surface area contributed by atoms with E-state index in [1.807, 2.05) is 32.0 Å². The van der Waals surface area contributed by atoms with Gasteiger partial charge in [-0.05, 0) is 25.8 Å². The molecule has 0 amide bonds. The van der Waals surface area contributed by atoms with E-state index in [2.05, 4.69) is 18.3 Å². The largest absolute Gasteiger partial charge is 0.480 e. The molecule has 3 nitrogen and oxygen atoms in total. The third-order valence-corrected chi connectivity index (χ3v) is 3.14. The number of benzene rings is 1. The Morgan fingerprint density at radius 1 is 1.44 bits per heavy atom. The summed E-state index contributed by atoms with van der Waals surface area (Å²) in [4.78, 5) is 11.2. The van der Waals surface area contributed by atoms with E-state index in [0.29, 0.717) is 6.42 Å². The number of carboxylic acids is 1. The molecular formula is C15H23NO2. The van der Waals surface area contributed by atoms with Crippen molar-refractivity contribution in [1.82, 2.24) is 5.32 Å². The van der Waals surface area contributed by atoms with Crippen molar-refractivity contribution in [2.75, 3.05) is 0 Å². The summed E-state index contributed by atoms with van der Waals surface area (Å²) in [6.07, 6.45) is 2.64. The molecule has 1 unspecified atom stereocenters. The first-order valence-corrected chi connectivity index (χ1v) is 6.60. The summed E-state index contributed by atoms with van der Waals surface area (Å²) in [6.45, 7) is 6.13. The van der Waals surface area contributed by atoms with Crippen LogP contribution in [-0.2, 0) is 4.79 Å². The van der Waals surface area contributed by atoms with Crippen LogP contribution in [0.15, 0.2) is 24.3 Å². The zero-order valence-corrected chi connectivity index (χ0v) is 11.4. The minimum atomic E-state index is -0.761. The molecule has 0 aliphatic carbocycles. The van der Waals surface area contributed by atoms with Gasteiger partial charge < -0.3 is 5.11 Å². The molecule has 0 aromatic heterocycles. The van der Waals surface area contributed by atoms with E-state index in [1.165, 1.54) is 5.56 Å². The Morgan fingerprint density at radius 2 is 2.17 bits per heavy atom. The lowest BCUT2D eigenvalue weighted by Gasteiger charge is -2.20.